The zero-order valence-electron chi connectivity index (χ0n) is 14.6. The van der Waals surface area contributed by atoms with Gasteiger partial charge in [-0.15, -0.1) is 11.3 Å². The quantitative estimate of drug-likeness (QED) is 0.710. The Morgan fingerprint density at radius 2 is 1.96 bits per heavy atom. The van der Waals surface area contributed by atoms with Gasteiger partial charge < -0.3 is 4.90 Å². The molecule has 1 aromatic carbocycles. The second-order valence-corrected chi connectivity index (χ2v) is 7.40. The molecule has 0 saturated carbocycles. The van der Waals surface area contributed by atoms with Gasteiger partial charge in [0.25, 0.3) is 11.5 Å². The van der Waals surface area contributed by atoms with Gasteiger partial charge in [-0.3, -0.25) is 18.9 Å². The molecular formula is C19H20N4O2S. The third-order valence-electron chi connectivity index (χ3n) is 4.89. The Bertz CT molecular complexity index is 1000. The number of hydrogen-bond donors (Lipinski definition) is 0. The second kappa shape index (κ2) is 7.01. The fourth-order valence-corrected chi connectivity index (χ4v) is 3.95. The Balaban J connectivity index is 1.44. The number of aryl methyl sites for hydroxylation is 1. The molecule has 6 nitrogen and oxygen atoms in total. The Hall–Kier alpha value is -2.51. The van der Waals surface area contributed by atoms with E-state index in [9.17, 15) is 9.59 Å². The molecule has 1 fully saturated rings. The number of amides is 1. The molecule has 0 bridgehead atoms. The summed E-state index contributed by atoms with van der Waals surface area (Å²) in [4.78, 5) is 34.2. The predicted molar refractivity (Wildman–Crippen MR) is 102 cm³/mol. The molecule has 0 radical (unpaired) electrons. The summed E-state index contributed by atoms with van der Waals surface area (Å²) in [5, 5.41) is 1.79. The lowest BCUT2D eigenvalue weighted by molar-refractivity contribution is 0.0626. The van der Waals surface area contributed by atoms with Crippen molar-refractivity contribution in [2.45, 2.75) is 13.5 Å². The van der Waals surface area contributed by atoms with Crippen molar-refractivity contribution in [2.24, 2.45) is 0 Å². The molecule has 0 unspecified atom stereocenters. The van der Waals surface area contributed by atoms with E-state index in [1.807, 2.05) is 6.07 Å². The number of carbonyl (C=O) groups excluding carboxylic acids is 1. The summed E-state index contributed by atoms with van der Waals surface area (Å²) in [7, 11) is 0. The van der Waals surface area contributed by atoms with Gasteiger partial charge in [-0.05, 0) is 18.1 Å². The maximum Gasteiger partial charge on any atom is 0.271 e. The molecule has 1 aliphatic rings. The van der Waals surface area contributed by atoms with Crippen LogP contribution in [0.15, 0.2) is 46.8 Å². The fraction of sp³-hybridized carbons (Fsp3) is 0.316. The van der Waals surface area contributed by atoms with E-state index in [0.29, 0.717) is 18.1 Å². The number of rotatable bonds is 3. The molecule has 26 heavy (non-hydrogen) atoms. The van der Waals surface area contributed by atoms with E-state index in [4.69, 9.17) is 0 Å². The molecule has 1 amide bonds. The molecule has 0 atom stereocenters. The van der Waals surface area contributed by atoms with Gasteiger partial charge in [0.1, 0.15) is 5.56 Å². The van der Waals surface area contributed by atoms with Crippen LogP contribution in [0, 0.1) is 6.92 Å². The number of aromatic nitrogens is 2. The van der Waals surface area contributed by atoms with Gasteiger partial charge in [0, 0.05) is 50.5 Å². The molecule has 3 aromatic rings. The van der Waals surface area contributed by atoms with Crippen molar-refractivity contribution in [1.82, 2.24) is 19.2 Å². The molecule has 4 rings (SSSR count). The van der Waals surface area contributed by atoms with E-state index in [1.165, 1.54) is 33.1 Å². The highest BCUT2D eigenvalue weighted by Crippen LogP contribution is 2.14. The summed E-state index contributed by atoms with van der Waals surface area (Å²) < 4.78 is 1.44. The zero-order chi connectivity index (χ0) is 18.1. The van der Waals surface area contributed by atoms with Gasteiger partial charge in [0.15, 0.2) is 4.96 Å². The number of thiazole rings is 1. The summed E-state index contributed by atoms with van der Waals surface area (Å²) in [6.07, 6.45) is 3.07. The van der Waals surface area contributed by atoms with Crippen molar-refractivity contribution >= 4 is 22.2 Å². The average Bonchev–Trinajstić information content (AvgIpc) is 3.14. The highest BCUT2D eigenvalue weighted by atomic mass is 32.1. The van der Waals surface area contributed by atoms with Crippen LogP contribution in [0.25, 0.3) is 4.96 Å². The molecule has 2 aromatic heterocycles. The summed E-state index contributed by atoms with van der Waals surface area (Å²) >= 11 is 1.38. The van der Waals surface area contributed by atoms with Gasteiger partial charge in [-0.2, -0.15) is 0 Å². The third kappa shape index (κ3) is 3.15. The van der Waals surface area contributed by atoms with Gasteiger partial charge in [-0.25, -0.2) is 4.98 Å². The molecule has 134 valence electrons. The third-order valence-corrected chi connectivity index (χ3v) is 5.66. The minimum atomic E-state index is -0.288. The first-order chi connectivity index (χ1) is 12.6. The van der Waals surface area contributed by atoms with Crippen LogP contribution in [0.5, 0.6) is 0 Å². The van der Waals surface area contributed by atoms with Crippen LogP contribution in [0.4, 0.5) is 0 Å². The lowest BCUT2D eigenvalue weighted by Crippen LogP contribution is -2.49. The Morgan fingerprint density at radius 3 is 2.73 bits per heavy atom. The maximum absolute atomic E-state index is 12.8. The standard InChI is InChI=1S/C19H20N4O2S/c1-14-4-2-3-5-15(14)13-21-6-8-22(9-7-21)17(24)16-12-20-19-23(18(16)25)10-11-26-19/h2-5,10-12H,6-9,13H2,1H3. The van der Waals surface area contributed by atoms with Gasteiger partial charge >= 0.3 is 0 Å². The van der Waals surface area contributed by atoms with Crippen molar-refractivity contribution < 1.29 is 4.79 Å². The van der Waals surface area contributed by atoms with Crippen LogP contribution >= 0.6 is 11.3 Å². The Labute approximate surface area is 155 Å². The number of hydrogen-bond acceptors (Lipinski definition) is 5. The molecular weight excluding hydrogens is 348 g/mol. The predicted octanol–water partition coefficient (Wildman–Crippen LogP) is 2.02. The van der Waals surface area contributed by atoms with Crippen LogP contribution in [0.1, 0.15) is 21.5 Å². The van der Waals surface area contributed by atoms with Crippen molar-refractivity contribution in [3.05, 3.63) is 69.1 Å². The topological polar surface area (TPSA) is 57.9 Å². The van der Waals surface area contributed by atoms with E-state index >= 15 is 0 Å². The molecule has 7 heteroatoms. The van der Waals surface area contributed by atoms with Crippen LogP contribution < -0.4 is 5.56 Å². The largest absolute Gasteiger partial charge is 0.336 e. The molecule has 1 saturated heterocycles. The molecule has 0 N–H and O–H groups in total. The van der Waals surface area contributed by atoms with Crippen molar-refractivity contribution in [3.63, 3.8) is 0 Å². The first-order valence-electron chi connectivity index (χ1n) is 8.64. The first kappa shape index (κ1) is 16.9. The number of nitrogens with zero attached hydrogens (tertiary/aromatic N) is 4. The number of carbonyl (C=O) groups is 1. The van der Waals surface area contributed by atoms with E-state index in [1.54, 1.807) is 16.5 Å². The molecule has 0 aliphatic carbocycles. The summed E-state index contributed by atoms with van der Waals surface area (Å²) in [5.74, 6) is -0.223. The summed E-state index contributed by atoms with van der Waals surface area (Å²) in [5.41, 5.74) is 2.46. The van der Waals surface area contributed by atoms with Crippen molar-refractivity contribution in [1.29, 1.82) is 0 Å². The minimum Gasteiger partial charge on any atom is -0.336 e. The molecule has 3 heterocycles. The molecule has 0 spiro atoms. The number of piperazine rings is 1. The Morgan fingerprint density at radius 1 is 1.19 bits per heavy atom. The van der Waals surface area contributed by atoms with Crippen LogP contribution in [0.3, 0.4) is 0 Å². The average molecular weight is 368 g/mol. The summed E-state index contributed by atoms with van der Waals surface area (Å²) in [6.45, 7) is 5.86. The van der Waals surface area contributed by atoms with Crippen LogP contribution in [-0.2, 0) is 6.54 Å². The van der Waals surface area contributed by atoms with Gasteiger partial charge in [0.2, 0.25) is 0 Å². The van der Waals surface area contributed by atoms with E-state index in [2.05, 4.69) is 35.0 Å². The molecule has 1 aliphatic heterocycles. The van der Waals surface area contributed by atoms with E-state index in [-0.39, 0.29) is 17.0 Å². The highest BCUT2D eigenvalue weighted by molar-refractivity contribution is 7.15. The van der Waals surface area contributed by atoms with Crippen molar-refractivity contribution in [3.8, 4) is 0 Å². The first-order valence-corrected chi connectivity index (χ1v) is 9.52. The van der Waals surface area contributed by atoms with Crippen LogP contribution in [-0.4, -0.2) is 51.3 Å². The van der Waals surface area contributed by atoms with Crippen LogP contribution in [0.2, 0.25) is 0 Å². The highest BCUT2D eigenvalue weighted by Gasteiger charge is 2.25. The van der Waals surface area contributed by atoms with Crippen molar-refractivity contribution in [2.75, 3.05) is 26.2 Å². The smallest absolute Gasteiger partial charge is 0.271 e. The van der Waals surface area contributed by atoms with E-state index in [0.717, 1.165) is 19.6 Å². The SMILES string of the molecule is Cc1ccccc1CN1CCN(C(=O)c2cnc3sccn3c2=O)CC1. The Kier molecular flexibility index (Phi) is 4.57. The maximum atomic E-state index is 12.8. The van der Waals surface area contributed by atoms with E-state index < -0.39 is 0 Å². The minimum absolute atomic E-state index is 0.147. The fourth-order valence-electron chi connectivity index (χ4n) is 3.28. The van der Waals surface area contributed by atoms with Gasteiger partial charge in [-0.1, -0.05) is 24.3 Å². The second-order valence-electron chi connectivity index (χ2n) is 6.53. The lowest BCUT2D eigenvalue weighted by atomic mass is 10.1. The zero-order valence-corrected chi connectivity index (χ0v) is 15.4. The summed E-state index contributed by atoms with van der Waals surface area (Å²) in [6, 6.07) is 8.38. The lowest BCUT2D eigenvalue weighted by Gasteiger charge is -2.34. The monoisotopic (exact) mass is 368 g/mol. The van der Waals surface area contributed by atoms with Gasteiger partial charge in [0.05, 0.1) is 0 Å². The number of fused-ring (bicyclic) bond motifs is 1. The number of benzene rings is 1. The normalized spacial score (nSPS) is 15.5.